The maximum Gasteiger partial charge on any atom is 0.262 e. The van der Waals surface area contributed by atoms with E-state index < -0.39 is 9.05 Å². The van der Waals surface area contributed by atoms with E-state index in [1.54, 1.807) is 14.1 Å². The van der Waals surface area contributed by atoms with Crippen LogP contribution in [0.5, 0.6) is 5.75 Å². The summed E-state index contributed by atoms with van der Waals surface area (Å²) in [5.41, 5.74) is 0. The second-order valence-electron chi connectivity index (χ2n) is 4.01. The Hall–Kier alpha value is -0.690. The lowest BCUT2D eigenvalue weighted by molar-refractivity contribution is -0.129. The van der Waals surface area contributed by atoms with Crippen molar-refractivity contribution in [1.29, 1.82) is 0 Å². The van der Waals surface area contributed by atoms with Crippen LogP contribution in [0.15, 0.2) is 17.0 Å². The third kappa shape index (κ3) is 4.41. The van der Waals surface area contributed by atoms with Crippen molar-refractivity contribution in [2.75, 3.05) is 20.7 Å². The summed E-state index contributed by atoms with van der Waals surface area (Å²) < 4.78 is 27.8. The van der Waals surface area contributed by atoms with Crippen molar-refractivity contribution >= 4 is 48.8 Å². The molecular formula is C11H12Cl3NO4S. The van der Waals surface area contributed by atoms with Crippen molar-refractivity contribution in [1.82, 2.24) is 4.90 Å². The molecule has 9 heteroatoms. The van der Waals surface area contributed by atoms with Gasteiger partial charge in [0.25, 0.3) is 9.05 Å². The molecular weight excluding hydrogens is 349 g/mol. The first kappa shape index (κ1) is 17.4. The molecule has 0 aliphatic carbocycles. The summed E-state index contributed by atoms with van der Waals surface area (Å²) in [6, 6.07) is 2.53. The van der Waals surface area contributed by atoms with E-state index in [4.69, 9.17) is 38.6 Å². The van der Waals surface area contributed by atoms with E-state index in [1.165, 1.54) is 17.0 Å². The Balaban J connectivity index is 2.84. The molecule has 20 heavy (non-hydrogen) atoms. The number of halogens is 3. The van der Waals surface area contributed by atoms with Crippen molar-refractivity contribution in [2.45, 2.75) is 11.3 Å². The SMILES string of the molecule is CN(C)C(=O)CCOc1ccc(S(=O)(=O)Cl)c(Cl)c1Cl. The van der Waals surface area contributed by atoms with E-state index >= 15 is 0 Å². The van der Waals surface area contributed by atoms with Crippen LogP contribution in [0.2, 0.25) is 10.0 Å². The Morgan fingerprint density at radius 2 is 1.85 bits per heavy atom. The average molecular weight is 361 g/mol. The summed E-state index contributed by atoms with van der Waals surface area (Å²) in [5, 5.41) is -0.274. The largest absolute Gasteiger partial charge is 0.491 e. The molecule has 5 nitrogen and oxygen atoms in total. The molecule has 112 valence electrons. The lowest BCUT2D eigenvalue weighted by atomic mass is 10.3. The lowest BCUT2D eigenvalue weighted by Gasteiger charge is -2.12. The molecule has 1 aromatic rings. The summed E-state index contributed by atoms with van der Waals surface area (Å²) in [6.07, 6.45) is 0.163. The maximum atomic E-state index is 11.4. The third-order valence-corrected chi connectivity index (χ3v) is 4.69. The fraction of sp³-hybridized carbons (Fsp3) is 0.364. The van der Waals surface area contributed by atoms with E-state index in [-0.39, 0.29) is 39.6 Å². The zero-order chi connectivity index (χ0) is 15.5. The first-order valence-electron chi connectivity index (χ1n) is 5.40. The molecule has 0 fully saturated rings. The van der Waals surface area contributed by atoms with Crippen molar-refractivity contribution < 1.29 is 17.9 Å². The highest BCUT2D eigenvalue weighted by atomic mass is 35.7. The van der Waals surface area contributed by atoms with Crippen LogP contribution in [0.25, 0.3) is 0 Å². The molecule has 0 radical (unpaired) electrons. The number of carbonyl (C=O) groups is 1. The van der Waals surface area contributed by atoms with Crippen LogP contribution in [0.3, 0.4) is 0 Å². The van der Waals surface area contributed by atoms with Gasteiger partial charge in [0.1, 0.15) is 15.7 Å². The van der Waals surface area contributed by atoms with Gasteiger partial charge in [-0.1, -0.05) is 23.2 Å². The molecule has 0 heterocycles. The summed E-state index contributed by atoms with van der Waals surface area (Å²) >= 11 is 11.7. The van der Waals surface area contributed by atoms with Crippen molar-refractivity contribution in [3.8, 4) is 5.75 Å². The quantitative estimate of drug-likeness (QED) is 0.757. The highest BCUT2D eigenvalue weighted by Gasteiger charge is 2.20. The minimum Gasteiger partial charge on any atom is -0.491 e. The smallest absolute Gasteiger partial charge is 0.262 e. The number of hydrogen-bond acceptors (Lipinski definition) is 4. The molecule has 1 aromatic carbocycles. The lowest BCUT2D eigenvalue weighted by Crippen LogP contribution is -2.23. The van der Waals surface area contributed by atoms with E-state index in [0.29, 0.717) is 0 Å². The minimum absolute atomic E-state index is 0.0642. The van der Waals surface area contributed by atoms with Gasteiger partial charge >= 0.3 is 0 Å². The van der Waals surface area contributed by atoms with Crippen LogP contribution >= 0.6 is 33.9 Å². The number of hydrogen-bond donors (Lipinski definition) is 0. The summed E-state index contributed by atoms with van der Waals surface area (Å²) in [7, 11) is 4.49. The fourth-order valence-corrected chi connectivity index (χ4v) is 3.07. The molecule has 0 saturated heterocycles. The third-order valence-electron chi connectivity index (χ3n) is 2.35. The van der Waals surface area contributed by atoms with Crippen LogP contribution in [0.1, 0.15) is 6.42 Å². The number of amides is 1. The van der Waals surface area contributed by atoms with Crippen LogP contribution in [-0.4, -0.2) is 39.9 Å². The van der Waals surface area contributed by atoms with Gasteiger partial charge in [0, 0.05) is 24.8 Å². The van der Waals surface area contributed by atoms with Gasteiger partial charge in [0.15, 0.2) is 0 Å². The van der Waals surface area contributed by atoms with Gasteiger partial charge in [-0.25, -0.2) is 8.42 Å². The molecule has 1 amide bonds. The highest BCUT2D eigenvalue weighted by molar-refractivity contribution is 8.13. The first-order chi connectivity index (χ1) is 9.14. The topological polar surface area (TPSA) is 63.7 Å². The van der Waals surface area contributed by atoms with Gasteiger partial charge in [0.05, 0.1) is 18.1 Å². The van der Waals surface area contributed by atoms with Gasteiger partial charge in [-0.2, -0.15) is 0 Å². The zero-order valence-electron chi connectivity index (χ0n) is 10.7. The summed E-state index contributed by atoms with van der Waals surface area (Å²) in [4.78, 5) is 12.5. The Kier molecular flexibility index (Phi) is 5.94. The Morgan fingerprint density at radius 1 is 1.25 bits per heavy atom. The fourth-order valence-electron chi connectivity index (χ4n) is 1.29. The number of carbonyl (C=O) groups excluding carboxylic acids is 1. The standard InChI is InChI=1S/C11H12Cl3NO4S/c1-15(2)9(16)5-6-19-7-3-4-8(20(14,17)18)11(13)10(7)12/h3-4H,5-6H2,1-2H3. The Labute approximate surface area is 131 Å². The first-order valence-corrected chi connectivity index (χ1v) is 8.46. The predicted molar refractivity (Wildman–Crippen MR) is 78.3 cm³/mol. The van der Waals surface area contributed by atoms with Gasteiger partial charge in [0.2, 0.25) is 5.91 Å². The normalized spacial score (nSPS) is 11.2. The Bertz CT molecular complexity index is 616. The van der Waals surface area contributed by atoms with Crippen LogP contribution < -0.4 is 4.74 Å². The van der Waals surface area contributed by atoms with Crippen molar-refractivity contribution in [3.63, 3.8) is 0 Å². The van der Waals surface area contributed by atoms with Crippen LogP contribution in [0.4, 0.5) is 0 Å². The number of benzene rings is 1. The average Bonchev–Trinajstić information content (AvgIpc) is 2.32. The van der Waals surface area contributed by atoms with Gasteiger partial charge < -0.3 is 9.64 Å². The number of rotatable bonds is 5. The van der Waals surface area contributed by atoms with Crippen LogP contribution in [0, 0.1) is 0 Å². The number of ether oxygens (including phenoxy) is 1. The minimum atomic E-state index is -3.98. The summed E-state index contributed by atoms with van der Waals surface area (Å²) in [6.45, 7) is 0.0973. The van der Waals surface area contributed by atoms with Crippen molar-refractivity contribution in [2.24, 2.45) is 0 Å². The second kappa shape index (κ2) is 6.85. The van der Waals surface area contributed by atoms with Crippen molar-refractivity contribution in [3.05, 3.63) is 22.2 Å². The van der Waals surface area contributed by atoms with Gasteiger partial charge in [-0.15, -0.1) is 0 Å². The Morgan fingerprint density at radius 3 is 2.35 bits per heavy atom. The maximum absolute atomic E-state index is 11.4. The zero-order valence-corrected chi connectivity index (χ0v) is 13.8. The molecule has 1 rings (SSSR count). The molecule has 0 unspecified atom stereocenters. The number of nitrogens with zero attached hydrogens (tertiary/aromatic N) is 1. The van der Waals surface area contributed by atoms with Gasteiger partial charge in [-0.05, 0) is 12.1 Å². The molecule has 0 aliphatic heterocycles. The van der Waals surface area contributed by atoms with E-state index in [1.807, 2.05) is 0 Å². The highest BCUT2D eigenvalue weighted by Crippen LogP contribution is 2.37. The second-order valence-corrected chi connectivity index (χ2v) is 7.30. The summed E-state index contributed by atoms with van der Waals surface area (Å²) in [5.74, 6) is 0.0828. The molecule has 0 N–H and O–H groups in total. The molecule has 0 bridgehead atoms. The monoisotopic (exact) mass is 359 g/mol. The molecule has 0 spiro atoms. The predicted octanol–water partition coefficient (Wildman–Crippen LogP) is 2.78. The molecule has 0 saturated carbocycles. The molecule has 0 atom stereocenters. The van der Waals surface area contributed by atoms with Crippen LogP contribution in [-0.2, 0) is 13.8 Å². The van der Waals surface area contributed by atoms with E-state index in [9.17, 15) is 13.2 Å². The van der Waals surface area contributed by atoms with E-state index in [0.717, 1.165) is 0 Å². The molecule has 0 aromatic heterocycles. The van der Waals surface area contributed by atoms with Gasteiger partial charge in [-0.3, -0.25) is 4.79 Å². The molecule has 0 aliphatic rings. The van der Waals surface area contributed by atoms with E-state index in [2.05, 4.69) is 0 Å².